The van der Waals surface area contributed by atoms with Crippen molar-refractivity contribution in [1.82, 2.24) is 4.90 Å². The van der Waals surface area contributed by atoms with E-state index in [1.165, 1.54) is 7.11 Å². The van der Waals surface area contributed by atoms with E-state index in [4.69, 9.17) is 25.8 Å². The fourth-order valence-corrected chi connectivity index (χ4v) is 4.48. The highest BCUT2D eigenvalue weighted by molar-refractivity contribution is 6.30. The molecule has 0 saturated carbocycles. The van der Waals surface area contributed by atoms with Crippen LogP contribution in [0.1, 0.15) is 32.3 Å². The Hall–Kier alpha value is -2.05. The van der Waals surface area contributed by atoms with E-state index in [-0.39, 0.29) is 6.61 Å². The summed E-state index contributed by atoms with van der Waals surface area (Å²) in [5, 5.41) is 0.525. The second-order valence-corrected chi connectivity index (χ2v) is 7.24. The Bertz CT molecular complexity index is 792. The molecule has 0 amide bonds. The summed E-state index contributed by atoms with van der Waals surface area (Å²) in [6.07, 6.45) is 0. The van der Waals surface area contributed by atoms with Gasteiger partial charge in [0.2, 0.25) is 0 Å². The Morgan fingerprint density at radius 2 is 2.15 bits per heavy atom. The molecule has 0 N–H and O–H groups in total. The maximum atomic E-state index is 13.0. The number of rotatable bonds is 4. The van der Waals surface area contributed by atoms with Gasteiger partial charge in [0.05, 0.1) is 25.9 Å². The number of hydrogen-bond acceptors (Lipinski definition) is 6. The van der Waals surface area contributed by atoms with Crippen LogP contribution in [0.2, 0.25) is 5.02 Å². The topological polar surface area (TPSA) is 65.1 Å². The number of hydrogen-bond donors (Lipinski definition) is 0. The van der Waals surface area contributed by atoms with Gasteiger partial charge in [-0.15, -0.1) is 0 Å². The molecule has 1 aromatic carbocycles. The third kappa shape index (κ3) is 3.21. The van der Waals surface area contributed by atoms with Gasteiger partial charge in [-0.1, -0.05) is 23.7 Å². The first kappa shape index (κ1) is 19.7. The lowest BCUT2D eigenvalue weighted by atomic mass is 9.71. The van der Waals surface area contributed by atoms with E-state index in [2.05, 4.69) is 0 Å². The van der Waals surface area contributed by atoms with Crippen molar-refractivity contribution in [2.24, 2.45) is 5.92 Å². The van der Waals surface area contributed by atoms with Crippen LogP contribution in [0.25, 0.3) is 0 Å². The lowest BCUT2D eigenvalue weighted by molar-refractivity contribution is -0.173. The van der Waals surface area contributed by atoms with Gasteiger partial charge in [-0.3, -0.25) is 4.79 Å². The Morgan fingerprint density at radius 1 is 1.41 bits per heavy atom. The highest BCUT2D eigenvalue weighted by atomic mass is 35.5. The van der Waals surface area contributed by atoms with E-state index < -0.39 is 29.5 Å². The Morgan fingerprint density at radius 3 is 2.78 bits per heavy atom. The summed E-state index contributed by atoms with van der Waals surface area (Å²) in [6.45, 7) is 6.77. The van der Waals surface area contributed by atoms with Gasteiger partial charge in [0, 0.05) is 23.2 Å². The van der Waals surface area contributed by atoms with Crippen LogP contribution in [-0.2, 0) is 23.8 Å². The molecular weight excluding hydrogens is 370 g/mol. The molecule has 3 atom stereocenters. The van der Waals surface area contributed by atoms with E-state index in [1.54, 1.807) is 25.1 Å². The van der Waals surface area contributed by atoms with Gasteiger partial charge in [0.15, 0.2) is 5.72 Å². The zero-order chi connectivity index (χ0) is 19.8. The molecule has 2 aliphatic rings. The van der Waals surface area contributed by atoms with E-state index in [9.17, 15) is 9.59 Å². The molecule has 6 nitrogen and oxygen atoms in total. The highest BCUT2D eigenvalue weighted by Crippen LogP contribution is 2.51. The van der Waals surface area contributed by atoms with E-state index in [1.807, 2.05) is 24.8 Å². The number of allylic oxidation sites excluding steroid dienone is 1. The van der Waals surface area contributed by atoms with Crippen LogP contribution >= 0.6 is 11.6 Å². The molecule has 0 spiro atoms. The smallest absolute Gasteiger partial charge is 0.336 e. The number of ether oxygens (including phenoxy) is 3. The molecule has 0 radical (unpaired) electrons. The van der Waals surface area contributed by atoms with Gasteiger partial charge in [0.25, 0.3) is 0 Å². The number of fused-ring (bicyclic) bond motifs is 1. The van der Waals surface area contributed by atoms with Crippen LogP contribution in [0.3, 0.4) is 0 Å². The van der Waals surface area contributed by atoms with Crippen LogP contribution in [0, 0.1) is 5.92 Å². The predicted molar refractivity (Wildman–Crippen MR) is 100 cm³/mol. The van der Waals surface area contributed by atoms with Crippen molar-refractivity contribution in [2.75, 3.05) is 26.9 Å². The molecule has 2 heterocycles. The molecule has 7 heteroatoms. The van der Waals surface area contributed by atoms with Crippen molar-refractivity contribution in [3.05, 3.63) is 46.1 Å². The zero-order valence-electron chi connectivity index (χ0n) is 16.0. The van der Waals surface area contributed by atoms with Gasteiger partial charge in [0.1, 0.15) is 5.92 Å². The average Bonchev–Trinajstić information content (AvgIpc) is 3.03. The normalized spacial score (nSPS) is 27.4. The summed E-state index contributed by atoms with van der Waals surface area (Å²) in [7, 11) is 1.34. The van der Waals surface area contributed by atoms with Crippen molar-refractivity contribution in [3.63, 3.8) is 0 Å². The van der Waals surface area contributed by atoms with Crippen LogP contribution < -0.4 is 0 Å². The summed E-state index contributed by atoms with van der Waals surface area (Å²) >= 11 is 6.21. The lowest BCUT2D eigenvalue weighted by Crippen LogP contribution is -2.57. The number of esters is 2. The number of benzene rings is 1. The fraction of sp³-hybridized carbons (Fsp3) is 0.500. The molecule has 146 valence electrons. The minimum atomic E-state index is -0.916. The molecular formula is C20H24ClNO5. The van der Waals surface area contributed by atoms with E-state index in [0.29, 0.717) is 23.7 Å². The number of methoxy groups -OCH3 is 1. The summed E-state index contributed by atoms with van der Waals surface area (Å²) in [5.74, 6) is -2.21. The van der Waals surface area contributed by atoms with Crippen LogP contribution in [0.4, 0.5) is 0 Å². The van der Waals surface area contributed by atoms with Gasteiger partial charge in [-0.25, -0.2) is 4.79 Å². The molecule has 2 aliphatic heterocycles. The Balaban J connectivity index is 2.26. The van der Waals surface area contributed by atoms with Crippen LogP contribution in [0.5, 0.6) is 0 Å². The maximum absolute atomic E-state index is 13.0. The van der Waals surface area contributed by atoms with Crippen molar-refractivity contribution >= 4 is 23.5 Å². The number of halogens is 1. The van der Waals surface area contributed by atoms with Crippen molar-refractivity contribution in [3.8, 4) is 0 Å². The lowest BCUT2D eigenvalue weighted by Gasteiger charge is -2.48. The molecule has 27 heavy (non-hydrogen) atoms. The van der Waals surface area contributed by atoms with Crippen molar-refractivity contribution in [2.45, 2.75) is 32.4 Å². The number of nitrogens with zero attached hydrogens (tertiary/aromatic N) is 1. The summed E-state index contributed by atoms with van der Waals surface area (Å²) in [5.41, 5.74) is 1.01. The third-order valence-electron chi connectivity index (χ3n) is 5.41. The minimum Gasteiger partial charge on any atom is -0.466 e. The van der Waals surface area contributed by atoms with Gasteiger partial charge < -0.3 is 19.1 Å². The Labute approximate surface area is 164 Å². The summed E-state index contributed by atoms with van der Waals surface area (Å²) in [4.78, 5) is 27.7. The Kier molecular flexibility index (Phi) is 5.49. The number of carbonyl (C=O) groups excluding carboxylic acids is 2. The molecule has 0 bridgehead atoms. The van der Waals surface area contributed by atoms with Crippen molar-refractivity contribution in [1.29, 1.82) is 0 Å². The van der Waals surface area contributed by atoms with Gasteiger partial charge in [-0.2, -0.15) is 0 Å². The molecule has 3 unspecified atom stereocenters. The summed E-state index contributed by atoms with van der Waals surface area (Å²) < 4.78 is 16.5. The van der Waals surface area contributed by atoms with E-state index in [0.717, 1.165) is 11.3 Å². The first-order valence-electron chi connectivity index (χ1n) is 8.98. The maximum Gasteiger partial charge on any atom is 0.336 e. The van der Waals surface area contributed by atoms with Gasteiger partial charge in [-0.05, 0) is 38.5 Å². The minimum absolute atomic E-state index is 0.240. The van der Waals surface area contributed by atoms with Crippen molar-refractivity contribution < 1.29 is 23.8 Å². The molecule has 0 aromatic heterocycles. The highest BCUT2D eigenvalue weighted by Gasteiger charge is 2.58. The SMILES string of the molecule is CCOC(=O)C1C(c2cccc(Cl)c2)C(C(=O)OC)=C(C)N2CCOC12C. The molecule has 0 aliphatic carbocycles. The fourth-order valence-electron chi connectivity index (χ4n) is 4.28. The standard InChI is InChI=1S/C20H24ClNO5/c1-5-26-19(24)17-16(13-7-6-8-14(21)11-13)15(18(23)25-4)12(2)22-9-10-27-20(17,22)3/h6-8,11,16-17H,5,9-10H2,1-4H3. The molecule has 1 aromatic rings. The second-order valence-electron chi connectivity index (χ2n) is 6.81. The molecule has 3 rings (SSSR count). The number of carbonyl (C=O) groups is 2. The second kappa shape index (κ2) is 7.52. The first-order chi connectivity index (χ1) is 12.8. The third-order valence-corrected chi connectivity index (χ3v) is 5.65. The summed E-state index contributed by atoms with van der Waals surface area (Å²) in [6, 6.07) is 7.17. The van der Waals surface area contributed by atoms with Gasteiger partial charge >= 0.3 is 11.9 Å². The molecule has 1 fully saturated rings. The van der Waals surface area contributed by atoms with Crippen LogP contribution in [0.15, 0.2) is 35.5 Å². The monoisotopic (exact) mass is 393 g/mol. The molecule has 1 saturated heterocycles. The largest absolute Gasteiger partial charge is 0.466 e. The van der Waals surface area contributed by atoms with Crippen LogP contribution in [-0.4, -0.2) is 49.4 Å². The quantitative estimate of drug-likeness (QED) is 0.732. The first-order valence-corrected chi connectivity index (χ1v) is 9.35. The predicted octanol–water partition coefficient (Wildman–Crippen LogP) is 3.11. The zero-order valence-corrected chi connectivity index (χ0v) is 16.7. The van der Waals surface area contributed by atoms with E-state index >= 15 is 0 Å². The average molecular weight is 394 g/mol.